The molecule has 3 heteroatoms. The lowest BCUT2D eigenvalue weighted by Crippen LogP contribution is -2.34. The zero-order chi connectivity index (χ0) is 8.65. The van der Waals surface area contributed by atoms with Gasteiger partial charge >= 0.3 is 0 Å². The Hall–Kier alpha value is -0.860. The van der Waals surface area contributed by atoms with E-state index >= 15 is 0 Å². The molecule has 1 amide bonds. The summed E-state index contributed by atoms with van der Waals surface area (Å²) in [6, 6.07) is 0. The van der Waals surface area contributed by atoms with Gasteiger partial charge in [0.15, 0.2) is 0 Å². The van der Waals surface area contributed by atoms with Gasteiger partial charge in [0, 0.05) is 0 Å². The van der Waals surface area contributed by atoms with Gasteiger partial charge in [0.2, 0.25) is 0 Å². The van der Waals surface area contributed by atoms with Gasteiger partial charge in [0.25, 0.3) is 5.91 Å². The zero-order valence-electron chi connectivity index (χ0n) is 7.43. The summed E-state index contributed by atoms with van der Waals surface area (Å²) in [5, 5.41) is 3.99. The van der Waals surface area contributed by atoms with Crippen LogP contribution in [0.5, 0.6) is 0 Å². The van der Waals surface area contributed by atoms with Crippen molar-refractivity contribution in [2.45, 2.75) is 27.7 Å². The number of carbonyl (C=O) groups excluding carboxylic acids is 1. The van der Waals surface area contributed by atoms with Crippen LogP contribution in [0.2, 0.25) is 0 Å². The van der Waals surface area contributed by atoms with Crippen molar-refractivity contribution in [3.63, 3.8) is 0 Å². The molecule has 0 unspecified atom stereocenters. The Morgan fingerprint density at radius 3 is 2.18 bits per heavy atom. The van der Waals surface area contributed by atoms with Crippen molar-refractivity contribution in [3.05, 3.63) is 0 Å². The fourth-order valence-corrected chi connectivity index (χ4v) is 1.36. The first-order valence-electron chi connectivity index (χ1n) is 3.84. The van der Waals surface area contributed by atoms with Gasteiger partial charge in [-0.2, -0.15) is 5.10 Å². The van der Waals surface area contributed by atoms with E-state index in [9.17, 15) is 4.79 Å². The van der Waals surface area contributed by atoms with Crippen molar-refractivity contribution in [2.75, 3.05) is 0 Å². The highest BCUT2D eigenvalue weighted by molar-refractivity contribution is 6.12. The minimum absolute atomic E-state index is 0.00111. The maximum absolute atomic E-state index is 11.2. The van der Waals surface area contributed by atoms with Gasteiger partial charge in [-0.05, 0) is 19.8 Å². The lowest BCUT2D eigenvalue weighted by atomic mass is 9.82. The summed E-state index contributed by atoms with van der Waals surface area (Å²) in [4.78, 5) is 11.2. The number of nitrogens with zero attached hydrogens (tertiary/aromatic N) is 1. The first-order valence-corrected chi connectivity index (χ1v) is 3.84. The van der Waals surface area contributed by atoms with E-state index < -0.39 is 5.41 Å². The van der Waals surface area contributed by atoms with Gasteiger partial charge in [0.05, 0.1) is 11.1 Å². The van der Waals surface area contributed by atoms with Crippen molar-refractivity contribution in [1.29, 1.82) is 0 Å². The Balaban J connectivity index is 2.92. The molecule has 1 aliphatic rings. The Labute approximate surface area is 66.9 Å². The highest BCUT2D eigenvalue weighted by atomic mass is 16.2. The second kappa shape index (κ2) is 2.32. The van der Waals surface area contributed by atoms with Crippen LogP contribution < -0.4 is 5.43 Å². The number of amides is 1. The first kappa shape index (κ1) is 8.24. The molecule has 0 aromatic rings. The number of rotatable bonds is 1. The van der Waals surface area contributed by atoms with Crippen molar-refractivity contribution in [3.8, 4) is 0 Å². The molecule has 0 saturated carbocycles. The summed E-state index contributed by atoms with van der Waals surface area (Å²) < 4.78 is 0. The third-order valence-corrected chi connectivity index (χ3v) is 2.03. The zero-order valence-corrected chi connectivity index (χ0v) is 7.43. The summed E-state index contributed by atoms with van der Waals surface area (Å²) in [5.41, 5.74) is 3.03. The third-order valence-electron chi connectivity index (χ3n) is 2.03. The predicted octanol–water partition coefficient (Wildman–Crippen LogP) is 1.15. The molecule has 0 fully saturated rings. The maximum Gasteiger partial charge on any atom is 0.251 e. The summed E-state index contributed by atoms with van der Waals surface area (Å²) in [5.74, 6) is 0.338. The summed E-state index contributed by atoms with van der Waals surface area (Å²) in [6.45, 7) is 7.88. The average Bonchev–Trinajstić information content (AvgIpc) is 2.08. The van der Waals surface area contributed by atoms with Gasteiger partial charge in [0.1, 0.15) is 0 Å². The molecule has 0 aliphatic carbocycles. The number of hydrazone groups is 1. The topological polar surface area (TPSA) is 41.5 Å². The standard InChI is InChI=1S/C8H14N2O/c1-5(2)6-8(3,4)7(11)10-9-6/h5H,1-4H3,(H,10,11). The van der Waals surface area contributed by atoms with Gasteiger partial charge in [-0.1, -0.05) is 13.8 Å². The highest BCUT2D eigenvalue weighted by Crippen LogP contribution is 2.26. The van der Waals surface area contributed by atoms with Gasteiger partial charge < -0.3 is 0 Å². The van der Waals surface area contributed by atoms with Gasteiger partial charge in [-0.3, -0.25) is 4.79 Å². The fourth-order valence-electron chi connectivity index (χ4n) is 1.36. The lowest BCUT2D eigenvalue weighted by Gasteiger charge is -2.18. The van der Waals surface area contributed by atoms with E-state index in [1.807, 2.05) is 27.7 Å². The van der Waals surface area contributed by atoms with Crippen molar-refractivity contribution in [2.24, 2.45) is 16.4 Å². The number of hydrogen-bond acceptors (Lipinski definition) is 2. The first-order chi connectivity index (χ1) is 4.96. The minimum atomic E-state index is -0.409. The van der Waals surface area contributed by atoms with Crippen LogP contribution in [0.3, 0.4) is 0 Å². The van der Waals surface area contributed by atoms with E-state index in [0.29, 0.717) is 5.92 Å². The number of nitrogens with one attached hydrogen (secondary N) is 1. The fraction of sp³-hybridized carbons (Fsp3) is 0.750. The molecule has 1 aliphatic heterocycles. The molecule has 1 N–H and O–H groups in total. The summed E-state index contributed by atoms with van der Waals surface area (Å²) >= 11 is 0. The summed E-state index contributed by atoms with van der Waals surface area (Å²) in [7, 11) is 0. The molecular weight excluding hydrogens is 140 g/mol. The van der Waals surface area contributed by atoms with E-state index in [2.05, 4.69) is 10.5 Å². The van der Waals surface area contributed by atoms with Crippen LogP contribution >= 0.6 is 0 Å². The molecule has 0 aromatic heterocycles. The minimum Gasteiger partial charge on any atom is -0.272 e. The maximum atomic E-state index is 11.2. The van der Waals surface area contributed by atoms with Crippen LogP contribution in [0, 0.1) is 11.3 Å². The average molecular weight is 154 g/mol. The van der Waals surface area contributed by atoms with E-state index in [1.165, 1.54) is 0 Å². The molecule has 1 rings (SSSR count). The molecule has 0 saturated heterocycles. The monoisotopic (exact) mass is 154 g/mol. The van der Waals surface area contributed by atoms with Gasteiger partial charge in [-0.25, -0.2) is 5.43 Å². The Morgan fingerprint density at radius 2 is 2.00 bits per heavy atom. The largest absolute Gasteiger partial charge is 0.272 e. The predicted molar refractivity (Wildman–Crippen MR) is 44.2 cm³/mol. The molecule has 0 bridgehead atoms. The summed E-state index contributed by atoms with van der Waals surface area (Å²) in [6.07, 6.45) is 0. The molecule has 62 valence electrons. The molecule has 11 heavy (non-hydrogen) atoms. The molecule has 0 radical (unpaired) electrons. The van der Waals surface area contributed by atoms with E-state index in [0.717, 1.165) is 5.71 Å². The molecule has 0 spiro atoms. The Morgan fingerprint density at radius 1 is 1.45 bits per heavy atom. The van der Waals surface area contributed by atoms with Crippen molar-refractivity contribution in [1.82, 2.24) is 5.43 Å². The molecular formula is C8H14N2O. The normalized spacial score (nSPS) is 21.9. The molecule has 0 aromatic carbocycles. The smallest absolute Gasteiger partial charge is 0.251 e. The molecule has 0 atom stereocenters. The van der Waals surface area contributed by atoms with Crippen LogP contribution in [0.4, 0.5) is 0 Å². The number of hydrogen-bond donors (Lipinski definition) is 1. The Kier molecular flexibility index (Phi) is 1.74. The van der Waals surface area contributed by atoms with Crippen LogP contribution in [0.1, 0.15) is 27.7 Å². The third kappa shape index (κ3) is 1.15. The second-order valence-corrected chi connectivity index (χ2v) is 3.72. The lowest BCUT2D eigenvalue weighted by molar-refractivity contribution is -0.125. The second-order valence-electron chi connectivity index (χ2n) is 3.72. The van der Waals surface area contributed by atoms with E-state index in [1.54, 1.807) is 0 Å². The highest BCUT2D eigenvalue weighted by Gasteiger charge is 2.39. The van der Waals surface area contributed by atoms with Crippen LogP contribution in [0.15, 0.2) is 5.10 Å². The van der Waals surface area contributed by atoms with Gasteiger partial charge in [-0.15, -0.1) is 0 Å². The van der Waals surface area contributed by atoms with Crippen LogP contribution in [-0.4, -0.2) is 11.6 Å². The SMILES string of the molecule is CC(C)C1=NNC(=O)C1(C)C. The van der Waals surface area contributed by atoms with Crippen LogP contribution in [0.25, 0.3) is 0 Å². The molecule has 1 heterocycles. The quantitative estimate of drug-likeness (QED) is 0.605. The molecule has 3 nitrogen and oxygen atoms in total. The van der Waals surface area contributed by atoms with E-state index in [-0.39, 0.29) is 5.91 Å². The Bertz CT molecular complexity index is 216. The number of carbonyl (C=O) groups is 1. The van der Waals surface area contributed by atoms with Crippen molar-refractivity contribution < 1.29 is 4.79 Å². The van der Waals surface area contributed by atoms with E-state index in [4.69, 9.17) is 0 Å². The van der Waals surface area contributed by atoms with Crippen LogP contribution in [-0.2, 0) is 4.79 Å². The van der Waals surface area contributed by atoms with Crippen molar-refractivity contribution >= 4 is 11.6 Å².